The zero-order valence-electron chi connectivity index (χ0n) is 18.7. The van der Waals surface area contributed by atoms with Crippen LogP contribution in [0, 0.1) is 0 Å². The number of hydrogen-bond donors (Lipinski definition) is 2. The molecule has 7 heteroatoms. The molecule has 1 saturated carbocycles. The molecule has 0 bridgehead atoms. The number of guanidine groups is 1. The second kappa shape index (κ2) is 11.9. The molecule has 1 unspecified atom stereocenters. The van der Waals surface area contributed by atoms with Crippen LogP contribution in [0.15, 0.2) is 35.3 Å². The molecule has 1 saturated heterocycles. The Labute approximate surface area is 198 Å². The van der Waals surface area contributed by atoms with Gasteiger partial charge in [-0.1, -0.05) is 30.3 Å². The number of aliphatic imine (C=N–C) groups is 1. The summed E-state index contributed by atoms with van der Waals surface area (Å²) in [5.41, 5.74) is 1.64. The van der Waals surface area contributed by atoms with Crippen LogP contribution in [0.4, 0.5) is 0 Å². The number of nitrogens with one attached hydrogen (secondary N) is 2. The zero-order chi connectivity index (χ0) is 20.7. The first-order valence-corrected chi connectivity index (χ1v) is 11.1. The lowest BCUT2D eigenvalue weighted by Crippen LogP contribution is -2.44. The predicted octanol–water partition coefficient (Wildman–Crippen LogP) is 2.83. The van der Waals surface area contributed by atoms with Crippen molar-refractivity contribution < 1.29 is 4.79 Å². The molecule has 1 aliphatic heterocycles. The van der Waals surface area contributed by atoms with Crippen LogP contribution in [0.1, 0.15) is 44.6 Å². The molecule has 6 nitrogen and oxygen atoms in total. The summed E-state index contributed by atoms with van der Waals surface area (Å²) in [4.78, 5) is 21.3. The molecule has 1 atom stereocenters. The summed E-state index contributed by atoms with van der Waals surface area (Å²) < 4.78 is 0. The number of amides is 1. The van der Waals surface area contributed by atoms with Gasteiger partial charge < -0.3 is 15.5 Å². The van der Waals surface area contributed by atoms with Crippen LogP contribution < -0.4 is 10.6 Å². The number of carbonyl (C=O) groups excluding carboxylic acids is 1. The average molecular weight is 527 g/mol. The van der Waals surface area contributed by atoms with Gasteiger partial charge in [-0.2, -0.15) is 0 Å². The number of nitrogens with zero attached hydrogens (tertiary/aromatic N) is 3. The van der Waals surface area contributed by atoms with E-state index in [1.54, 1.807) is 4.90 Å². The van der Waals surface area contributed by atoms with Gasteiger partial charge >= 0.3 is 0 Å². The molecule has 1 aromatic rings. The van der Waals surface area contributed by atoms with E-state index >= 15 is 0 Å². The third-order valence-corrected chi connectivity index (χ3v) is 6.13. The molecule has 0 aromatic heterocycles. The third kappa shape index (κ3) is 6.57. The summed E-state index contributed by atoms with van der Waals surface area (Å²) in [6.07, 6.45) is 5.54. The van der Waals surface area contributed by atoms with Gasteiger partial charge in [0.05, 0.1) is 12.6 Å². The van der Waals surface area contributed by atoms with Crippen molar-refractivity contribution in [1.29, 1.82) is 0 Å². The number of likely N-dealkylation sites (N-methyl/N-ethyl adjacent to an activating group) is 1. The van der Waals surface area contributed by atoms with Crippen LogP contribution in [0.5, 0.6) is 0 Å². The highest BCUT2D eigenvalue weighted by molar-refractivity contribution is 14.0. The van der Waals surface area contributed by atoms with E-state index in [0.717, 1.165) is 57.9 Å². The lowest BCUT2D eigenvalue weighted by atomic mass is 9.96. The topological polar surface area (TPSA) is 60.0 Å². The molecule has 0 spiro atoms. The lowest BCUT2D eigenvalue weighted by Gasteiger charge is -2.26. The van der Waals surface area contributed by atoms with Crippen molar-refractivity contribution in [2.75, 3.05) is 46.8 Å². The Balaban J connectivity index is 0.00000320. The molecule has 2 fully saturated rings. The molecule has 1 aliphatic carbocycles. The molecule has 2 aliphatic rings. The van der Waals surface area contributed by atoms with Crippen molar-refractivity contribution >= 4 is 35.8 Å². The van der Waals surface area contributed by atoms with Crippen LogP contribution in [0.25, 0.3) is 0 Å². The van der Waals surface area contributed by atoms with E-state index in [1.165, 1.54) is 18.4 Å². The maximum Gasteiger partial charge on any atom is 0.239 e. The van der Waals surface area contributed by atoms with E-state index in [0.29, 0.717) is 0 Å². The molecule has 1 heterocycles. The summed E-state index contributed by atoms with van der Waals surface area (Å²) in [6, 6.07) is 10.8. The Hall–Kier alpha value is -1.35. The summed E-state index contributed by atoms with van der Waals surface area (Å²) in [7, 11) is 3.70. The van der Waals surface area contributed by atoms with Crippen molar-refractivity contribution in [3.8, 4) is 0 Å². The molecule has 0 radical (unpaired) electrons. The molecular formula is C23H38IN5O. The average Bonchev–Trinajstić information content (AvgIpc) is 3.39. The highest BCUT2D eigenvalue weighted by atomic mass is 127. The molecular weight excluding hydrogens is 489 g/mol. The normalized spacial score (nSPS) is 20.4. The van der Waals surface area contributed by atoms with Gasteiger partial charge in [0.25, 0.3) is 0 Å². The van der Waals surface area contributed by atoms with Gasteiger partial charge in [0, 0.05) is 39.1 Å². The number of likely N-dealkylation sites (tertiary alicyclic amines) is 1. The fourth-order valence-electron chi connectivity index (χ4n) is 4.21. The van der Waals surface area contributed by atoms with E-state index in [-0.39, 0.29) is 41.3 Å². The predicted molar refractivity (Wildman–Crippen MR) is 135 cm³/mol. The minimum atomic E-state index is 0. The molecule has 1 amide bonds. The maximum atomic E-state index is 12.3. The monoisotopic (exact) mass is 527 g/mol. The highest BCUT2D eigenvalue weighted by Gasteiger charge is 2.44. The van der Waals surface area contributed by atoms with Crippen molar-refractivity contribution in [3.63, 3.8) is 0 Å². The quantitative estimate of drug-likeness (QED) is 0.225. The van der Waals surface area contributed by atoms with Gasteiger partial charge in [-0.05, 0) is 51.1 Å². The van der Waals surface area contributed by atoms with Crippen LogP contribution >= 0.6 is 24.0 Å². The maximum absolute atomic E-state index is 12.3. The van der Waals surface area contributed by atoms with E-state index < -0.39 is 0 Å². The Kier molecular flexibility index (Phi) is 9.87. The van der Waals surface area contributed by atoms with Crippen LogP contribution in [-0.2, 0) is 10.2 Å². The second-order valence-corrected chi connectivity index (χ2v) is 8.55. The highest BCUT2D eigenvalue weighted by Crippen LogP contribution is 2.48. The molecule has 3 rings (SSSR count). The molecule has 2 N–H and O–H groups in total. The first-order valence-electron chi connectivity index (χ1n) is 11.1. The van der Waals surface area contributed by atoms with Crippen molar-refractivity contribution in [3.05, 3.63) is 35.9 Å². The van der Waals surface area contributed by atoms with Gasteiger partial charge in [0.2, 0.25) is 5.91 Å². The van der Waals surface area contributed by atoms with Gasteiger partial charge in [0.15, 0.2) is 5.96 Å². The first kappa shape index (κ1) is 24.9. The number of halogens is 1. The van der Waals surface area contributed by atoms with E-state index in [1.807, 2.05) is 14.1 Å². The van der Waals surface area contributed by atoms with E-state index in [4.69, 9.17) is 4.99 Å². The first-order chi connectivity index (χ1) is 14.1. The Morgan fingerprint density at radius 3 is 2.60 bits per heavy atom. The summed E-state index contributed by atoms with van der Waals surface area (Å²) in [5, 5.41) is 6.85. The second-order valence-electron chi connectivity index (χ2n) is 8.55. The van der Waals surface area contributed by atoms with Gasteiger partial charge in [-0.15, -0.1) is 24.0 Å². The van der Waals surface area contributed by atoms with Crippen LogP contribution in [0.2, 0.25) is 0 Å². The fraction of sp³-hybridized carbons (Fsp3) is 0.652. The fourth-order valence-corrected chi connectivity index (χ4v) is 4.21. The summed E-state index contributed by atoms with van der Waals surface area (Å²) >= 11 is 0. The van der Waals surface area contributed by atoms with Crippen molar-refractivity contribution in [2.24, 2.45) is 4.99 Å². The number of hydrogen-bond acceptors (Lipinski definition) is 3. The SMILES string of the molecule is CCNC(=NCC1(c2ccccc2)CC1)NCCCN1CCCC1C(=O)N(C)C.I. The van der Waals surface area contributed by atoms with Crippen molar-refractivity contribution in [1.82, 2.24) is 20.4 Å². The third-order valence-electron chi connectivity index (χ3n) is 6.13. The minimum Gasteiger partial charge on any atom is -0.357 e. The minimum absolute atomic E-state index is 0. The lowest BCUT2D eigenvalue weighted by molar-refractivity contribution is -0.133. The molecule has 30 heavy (non-hydrogen) atoms. The van der Waals surface area contributed by atoms with Crippen LogP contribution in [0.3, 0.4) is 0 Å². The largest absolute Gasteiger partial charge is 0.357 e. The Morgan fingerprint density at radius 1 is 1.23 bits per heavy atom. The Bertz CT molecular complexity index is 690. The smallest absolute Gasteiger partial charge is 0.239 e. The molecule has 168 valence electrons. The number of benzene rings is 1. The van der Waals surface area contributed by atoms with E-state index in [2.05, 4.69) is 52.8 Å². The van der Waals surface area contributed by atoms with Gasteiger partial charge in [-0.25, -0.2) is 0 Å². The Morgan fingerprint density at radius 2 is 1.97 bits per heavy atom. The van der Waals surface area contributed by atoms with Crippen molar-refractivity contribution in [2.45, 2.75) is 50.5 Å². The number of carbonyl (C=O) groups is 1. The van der Waals surface area contributed by atoms with E-state index in [9.17, 15) is 4.79 Å². The zero-order valence-corrected chi connectivity index (χ0v) is 21.0. The summed E-state index contributed by atoms with van der Waals surface area (Å²) in [6.45, 7) is 6.63. The standard InChI is InChI=1S/C23H37N5O.HI/c1-4-24-22(26-18-23(13-14-23)19-10-6-5-7-11-19)25-15-9-17-28-16-8-12-20(28)21(29)27(2)3;/h5-7,10-11,20H,4,8-9,12-18H2,1-3H3,(H2,24,25,26);1H. The van der Waals surface area contributed by atoms with Gasteiger partial charge in [-0.3, -0.25) is 14.7 Å². The summed E-state index contributed by atoms with van der Waals surface area (Å²) in [5.74, 6) is 1.14. The van der Waals surface area contributed by atoms with Gasteiger partial charge in [0.1, 0.15) is 0 Å². The van der Waals surface area contributed by atoms with Crippen LogP contribution in [-0.4, -0.2) is 74.5 Å². The number of rotatable bonds is 9. The molecule has 1 aromatic carbocycles.